The van der Waals surface area contributed by atoms with E-state index < -0.39 is 5.97 Å². The lowest BCUT2D eigenvalue weighted by molar-refractivity contribution is -0.143. The highest BCUT2D eigenvalue weighted by Gasteiger charge is 2.31. The Labute approximate surface area is 126 Å². The van der Waals surface area contributed by atoms with Crippen LogP contribution in [-0.4, -0.2) is 17.0 Å². The number of hydrogen-bond donors (Lipinski definition) is 2. The van der Waals surface area contributed by atoms with Gasteiger partial charge in [0, 0.05) is 16.1 Å². The Morgan fingerprint density at radius 2 is 2.00 bits per heavy atom. The van der Waals surface area contributed by atoms with Crippen LogP contribution >= 0.6 is 15.9 Å². The van der Waals surface area contributed by atoms with E-state index in [1.54, 1.807) is 0 Å². The summed E-state index contributed by atoms with van der Waals surface area (Å²) in [7, 11) is 0. The molecule has 2 N–H and O–H groups in total. The number of carbonyl (C=O) groups is 2. The second kappa shape index (κ2) is 6.39. The van der Waals surface area contributed by atoms with Crippen LogP contribution in [0.5, 0.6) is 0 Å². The van der Waals surface area contributed by atoms with E-state index in [4.69, 9.17) is 5.11 Å². The third-order valence-corrected chi connectivity index (χ3v) is 4.33. The Balaban J connectivity index is 2.02. The number of hydrogen-bond acceptors (Lipinski definition) is 2. The lowest BCUT2D eigenvalue weighted by atomic mass is 9.81. The minimum Gasteiger partial charge on any atom is -0.481 e. The van der Waals surface area contributed by atoms with Gasteiger partial charge < -0.3 is 10.4 Å². The minimum atomic E-state index is -0.790. The summed E-state index contributed by atoms with van der Waals surface area (Å²) in [5, 5.41) is 12.0. The highest BCUT2D eigenvalue weighted by molar-refractivity contribution is 9.10. The lowest BCUT2D eigenvalue weighted by Crippen LogP contribution is -2.31. The quantitative estimate of drug-likeness (QED) is 0.884. The number of benzene rings is 1. The molecule has 1 amide bonds. The van der Waals surface area contributed by atoms with Gasteiger partial charge in [0.1, 0.15) is 0 Å². The Hall–Kier alpha value is -1.36. The molecule has 108 valence electrons. The van der Waals surface area contributed by atoms with E-state index in [2.05, 4.69) is 21.2 Å². The molecule has 0 aliphatic heterocycles. The van der Waals surface area contributed by atoms with Crippen molar-refractivity contribution in [2.45, 2.75) is 32.6 Å². The van der Waals surface area contributed by atoms with Crippen molar-refractivity contribution in [1.82, 2.24) is 0 Å². The van der Waals surface area contributed by atoms with Gasteiger partial charge in [0.15, 0.2) is 0 Å². The number of aryl methyl sites for hydroxylation is 1. The van der Waals surface area contributed by atoms with Crippen LogP contribution < -0.4 is 5.32 Å². The van der Waals surface area contributed by atoms with Crippen molar-refractivity contribution in [2.24, 2.45) is 11.8 Å². The molecule has 0 bridgehead atoms. The minimum absolute atomic E-state index is 0.0682. The molecule has 1 fully saturated rings. The monoisotopic (exact) mass is 339 g/mol. The average Bonchev–Trinajstić information content (AvgIpc) is 2.42. The number of carbonyl (C=O) groups excluding carboxylic acids is 1. The second-order valence-electron chi connectivity index (χ2n) is 5.35. The van der Waals surface area contributed by atoms with Crippen LogP contribution in [0.15, 0.2) is 22.7 Å². The summed E-state index contributed by atoms with van der Waals surface area (Å²) in [5.74, 6) is -1.44. The Morgan fingerprint density at radius 1 is 1.30 bits per heavy atom. The van der Waals surface area contributed by atoms with Crippen LogP contribution in [0.4, 0.5) is 5.69 Å². The molecule has 1 saturated carbocycles. The molecule has 2 rings (SSSR count). The van der Waals surface area contributed by atoms with Gasteiger partial charge in [-0.25, -0.2) is 0 Å². The highest BCUT2D eigenvalue weighted by Crippen LogP contribution is 2.30. The molecule has 1 aromatic carbocycles. The van der Waals surface area contributed by atoms with Gasteiger partial charge in [-0.15, -0.1) is 0 Å². The van der Waals surface area contributed by atoms with Crippen molar-refractivity contribution >= 4 is 33.5 Å². The number of carboxylic acid groups (broad SMARTS) is 1. The largest absolute Gasteiger partial charge is 0.481 e. The molecular weight excluding hydrogens is 322 g/mol. The van der Waals surface area contributed by atoms with Crippen molar-refractivity contribution in [3.8, 4) is 0 Å². The summed E-state index contributed by atoms with van der Waals surface area (Å²) in [5.41, 5.74) is 1.77. The summed E-state index contributed by atoms with van der Waals surface area (Å²) in [6.07, 6.45) is 2.69. The standard InChI is InChI=1S/C15H18BrNO3/c1-9-7-12(16)5-6-13(9)17-14(18)10-3-2-4-11(8-10)15(19)20/h5-7,10-11H,2-4,8H2,1H3,(H,17,18)(H,19,20). The molecule has 0 radical (unpaired) electrons. The number of rotatable bonds is 3. The normalized spacial score (nSPS) is 22.3. The van der Waals surface area contributed by atoms with Crippen LogP contribution in [0.3, 0.4) is 0 Å². The zero-order valence-electron chi connectivity index (χ0n) is 11.4. The smallest absolute Gasteiger partial charge is 0.306 e. The van der Waals surface area contributed by atoms with E-state index in [1.165, 1.54) is 0 Å². The maximum atomic E-state index is 12.3. The van der Waals surface area contributed by atoms with Gasteiger partial charge >= 0.3 is 5.97 Å². The number of amides is 1. The zero-order chi connectivity index (χ0) is 14.7. The van der Waals surface area contributed by atoms with Gasteiger partial charge in [-0.1, -0.05) is 22.4 Å². The van der Waals surface area contributed by atoms with E-state index in [0.29, 0.717) is 12.8 Å². The summed E-state index contributed by atoms with van der Waals surface area (Å²) in [4.78, 5) is 23.3. The molecule has 4 nitrogen and oxygen atoms in total. The van der Waals surface area contributed by atoms with Crippen LogP contribution in [0.1, 0.15) is 31.2 Å². The number of carboxylic acids is 1. The Kier molecular flexibility index (Phi) is 4.81. The van der Waals surface area contributed by atoms with Gasteiger partial charge in [0.05, 0.1) is 5.92 Å². The molecule has 2 unspecified atom stereocenters. The maximum absolute atomic E-state index is 12.3. The molecule has 1 aliphatic rings. The molecule has 0 spiro atoms. The first-order valence-corrected chi connectivity index (χ1v) is 7.56. The van der Waals surface area contributed by atoms with Crippen molar-refractivity contribution < 1.29 is 14.7 Å². The molecule has 1 aromatic rings. The Bertz CT molecular complexity index is 530. The van der Waals surface area contributed by atoms with Gasteiger partial charge in [0.2, 0.25) is 5.91 Å². The van der Waals surface area contributed by atoms with Crippen LogP contribution in [-0.2, 0) is 9.59 Å². The van der Waals surface area contributed by atoms with Gasteiger partial charge in [-0.2, -0.15) is 0 Å². The number of nitrogens with one attached hydrogen (secondary N) is 1. The third kappa shape index (κ3) is 3.60. The zero-order valence-corrected chi connectivity index (χ0v) is 12.9. The lowest BCUT2D eigenvalue weighted by Gasteiger charge is -2.26. The molecule has 20 heavy (non-hydrogen) atoms. The molecule has 1 aliphatic carbocycles. The molecule has 0 aromatic heterocycles. The molecule has 0 heterocycles. The fraction of sp³-hybridized carbons (Fsp3) is 0.467. The fourth-order valence-corrected chi connectivity index (χ4v) is 3.13. The van der Waals surface area contributed by atoms with E-state index in [-0.39, 0.29) is 17.7 Å². The number of aliphatic carboxylic acids is 1. The van der Waals surface area contributed by atoms with E-state index in [1.807, 2.05) is 25.1 Å². The van der Waals surface area contributed by atoms with E-state index in [0.717, 1.165) is 28.6 Å². The second-order valence-corrected chi connectivity index (χ2v) is 6.26. The van der Waals surface area contributed by atoms with Crippen LogP contribution in [0, 0.1) is 18.8 Å². The first kappa shape index (κ1) is 15.0. The summed E-state index contributed by atoms with van der Waals surface area (Å²) < 4.78 is 0.969. The third-order valence-electron chi connectivity index (χ3n) is 3.84. The fourth-order valence-electron chi connectivity index (χ4n) is 2.65. The summed E-state index contributed by atoms with van der Waals surface area (Å²) in [6.45, 7) is 1.93. The maximum Gasteiger partial charge on any atom is 0.306 e. The average molecular weight is 340 g/mol. The van der Waals surface area contributed by atoms with Crippen LogP contribution in [0.2, 0.25) is 0 Å². The SMILES string of the molecule is Cc1cc(Br)ccc1NC(=O)C1CCCC(C(=O)O)C1. The predicted molar refractivity (Wildman–Crippen MR) is 80.6 cm³/mol. The molecular formula is C15H18BrNO3. The first-order valence-electron chi connectivity index (χ1n) is 6.77. The summed E-state index contributed by atoms with van der Waals surface area (Å²) in [6, 6.07) is 5.68. The van der Waals surface area contributed by atoms with Crippen molar-refractivity contribution in [3.63, 3.8) is 0 Å². The van der Waals surface area contributed by atoms with Gasteiger partial charge in [-0.3, -0.25) is 9.59 Å². The summed E-state index contributed by atoms with van der Waals surface area (Å²) >= 11 is 3.38. The predicted octanol–water partition coefficient (Wildman–Crippen LogP) is 3.59. The van der Waals surface area contributed by atoms with Crippen LogP contribution in [0.25, 0.3) is 0 Å². The van der Waals surface area contributed by atoms with Crippen molar-refractivity contribution in [2.75, 3.05) is 5.32 Å². The molecule has 0 saturated heterocycles. The number of halogens is 1. The van der Waals surface area contributed by atoms with Gasteiger partial charge in [0.25, 0.3) is 0 Å². The first-order chi connectivity index (χ1) is 9.47. The topological polar surface area (TPSA) is 66.4 Å². The van der Waals surface area contributed by atoms with E-state index in [9.17, 15) is 9.59 Å². The highest BCUT2D eigenvalue weighted by atomic mass is 79.9. The molecule has 5 heteroatoms. The Morgan fingerprint density at radius 3 is 2.65 bits per heavy atom. The van der Waals surface area contributed by atoms with E-state index >= 15 is 0 Å². The van der Waals surface area contributed by atoms with Gasteiger partial charge in [-0.05, 0) is 49.9 Å². The van der Waals surface area contributed by atoms with Crippen molar-refractivity contribution in [3.05, 3.63) is 28.2 Å². The molecule has 2 atom stereocenters. The number of anilines is 1. The van der Waals surface area contributed by atoms with Crippen molar-refractivity contribution in [1.29, 1.82) is 0 Å².